The fourth-order valence-electron chi connectivity index (χ4n) is 6.43. The van der Waals surface area contributed by atoms with E-state index in [4.69, 9.17) is 0 Å². The molecule has 3 heterocycles. The molecule has 0 aliphatic rings. The van der Waals surface area contributed by atoms with Crippen molar-refractivity contribution in [3.8, 4) is 11.1 Å². The van der Waals surface area contributed by atoms with Gasteiger partial charge in [0.1, 0.15) is 4.83 Å². The summed E-state index contributed by atoms with van der Waals surface area (Å²) in [6.07, 6.45) is 0. The van der Waals surface area contributed by atoms with Gasteiger partial charge >= 0.3 is 0 Å². The molecule has 1 nitrogen and oxygen atoms in total. The molecule has 0 aliphatic heterocycles. The highest BCUT2D eigenvalue weighted by Crippen LogP contribution is 2.48. The van der Waals surface area contributed by atoms with E-state index in [-0.39, 0.29) is 0 Å². The smallest absolute Gasteiger partial charge is 0.109 e. The third kappa shape index (κ3) is 2.21. The van der Waals surface area contributed by atoms with E-state index in [0.29, 0.717) is 0 Å². The summed E-state index contributed by atoms with van der Waals surface area (Å²) in [6, 6.07) is 42.4. The number of pyridine rings is 1. The van der Waals surface area contributed by atoms with Crippen LogP contribution in [0.1, 0.15) is 0 Å². The molecule has 0 radical (unpaired) electrons. The molecule has 0 fully saturated rings. The molecule has 9 rings (SSSR count). The highest BCUT2D eigenvalue weighted by atomic mass is 32.1. The van der Waals surface area contributed by atoms with E-state index < -0.39 is 0 Å². The molecule has 0 atom stereocenters. The van der Waals surface area contributed by atoms with Crippen LogP contribution in [-0.4, -0.2) is 4.40 Å². The quantitative estimate of drug-likeness (QED) is 0.223. The molecule has 2 heteroatoms. The number of nitrogens with zero attached hydrogens (tertiary/aromatic N) is 1. The monoisotopic (exact) mass is 473 g/mol. The van der Waals surface area contributed by atoms with Gasteiger partial charge in [-0.05, 0) is 39.4 Å². The van der Waals surface area contributed by atoms with Gasteiger partial charge in [0.25, 0.3) is 0 Å². The normalized spacial score (nSPS) is 12.4. The minimum absolute atomic E-state index is 1.26. The summed E-state index contributed by atoms with van der Waals surface area (Å²) < 4.78 is 3.91. The molecule has 0 saturated heterocycles. The van der Waals surface area contributed by atoms with Crippen LogP contribution >= 0.6 is 11.3 Å². The van der Waals surface area contributed by atoms with E-state index in [2.05, 4.69) is 120 Å². The standard InChI is InChI=1S/C34H19NS/c1-2-9-20(10-3-1)27-19-28-31-26-15-8-11-21-17-18-24-23-13-6-7-16-29(23)35(32(24)30(21)26)34(31)36-33(28)25-14-5-4-12-22(25)27/h1-19H. The molecule has 0 spiro atoms. The summed E-state index contributed by atoms with van der Waals surface area (Å²) in [7, 11) is 0. The van der Waals surface area contributed by atoms with Crippen LogP contribution in [0, 0.1) is 0 Å². The lowest BCUT2D eigenvalue weighted by Crippen LogP contribution is -1.89. The molecule has 0 aliphatic carbocycles. The molecule has 0 saturated carbocycles. The van der Waals surface area contributed by atoms with Gasteiger partial charge < -0.3 is 0 Å². The second-order valence-corrected chi connectivity index (χ2v) is 10.7. The fraction of sp³-hybridized carbons (Fsp3) is 0. The van der Waals surface area contributed by atoms with Crippen LogP contribution in [0.5, 0.6) is 0 Å². The van der Waals surface area contributed by atoms with E-state index in [1.165, 1.54) is 80.2 Å². The Labute approximate surface area is 210 Å². The van der Waals surface area contributed by atoms with Gasteiger partial charge in [0, 0.05) is 37.0 Å². The van der Waals surface area contributed by atoms with Crippen molar-refractivity contribution < 1.29 is 0 Å². The van der Waals surface area contributed by atoms with E-state index >= 15 is 0 Å². The number of rotatable bonds is 1. The molecule has 166 valence electrons. The maximum atomic E-state index is 2.54. The second-order valence-electron chi connectivity index (χ2n) is 9.71. The van der Waals surface area contributed by atoms with Gasteiger partial charge in [0.05, 0.1) is 11.0 Å². The molecule has 0 unspecified atom stereocenters. The van der Waals surface area contributed by atoms with E-state index in [1.54, 1.807) is 0 Å². The van der Waals surface area contributed by atoms with Crippen molar-refractivity contribution in [2.45, 2.75) is 0 Å². The first kappa shape index (κ1) is 18.9. The highest BCUT2D eigenvalue weighted by Gasteiger charge is 2.22. The Hall–Kier alpha value is -4.40. The zero-order valence-electron chi connectivity index (χ0n) is 19.3. The second kappa shape index (κ2) is 6.63. The lowest BCUT2D eigenvalue weighted by atomic mass is 9.94. The summed E-state index contributed by atoms with van der Waals surface area (Å²) in [5.74, 6) is 0. The van der Waals surface area contributed by atoms with Crippen molar-refractivity contribution in [2.75, 3.05) is 0 Å². The number of para-hydroxylation sites is 1. The van der Waals surface area contributed by atoms with Crippen molar-refractivity contribution in [1.82, 2.24) is 4.40 Å². The van der Waals surface area contributed by atoms with Crippen molar-refractivity contribution in [2.24, 2.45) is 0 Å². The SMILES string of the molecule is c1ccc(-c2cc3c(sc4c3c3cccc5ccc6c7ccccc7n4c6c53)c3ccccc23)cc1. The van der Waals surface area contributed by atoms with Crippen LogP contribution < -0.4 is 0 Å². The van der Waals surface area contributed by atoms with Crippen LogP contribution in [0.2, 0.25) is 0 Å². The minimum atomic E-state index is 1.26. The number of fused-ring (bicyclic) bond motifs is 10. The average Bonchev–Trinajstić information content (AvgIpc) is 3.49. The van der Waals surface area contributed by atoms with E-state index in [0.717, 1.165) is 0 Å². The maximum Gasteiger partial charge on any atom is 0.109 e. The van der Waals surface area contributed by atoms with Crippen molar-refractivity contribution >= 4 is 80.4 Å². The predicted octanol–water partition coefficient (Wildman–Crippen LogP) is 10.0. The van der Waals surface area contributed by atoms with Gasteiger partial charge in [-0.3, -0.25) is 4.40 Å². The van der Waals surface area contributed by atoms with Crippen molar-refractivity contribution in [3.63, 3.8) is 0 Å². The lowest BCUT2D eigenvalue weighted by molar-refractivity contribution is 1.38. The Bertz CT molecular complexity index is 2300. The van der Waals surface area contributed by atoms with Crippen LogP contribution in [0.3, 0.4) is 0 Å². The Kier molecular flexibility index (Phi) is 3.47. The Morgan fingerprint density at radius 3 is 2.14 bits per heavy atom. The van der Waals surface area contributed by atoms with Crippen molar-refractivity contribution in [1.29, 1.82) is 0 Å². The molecule has 0 amide bonds. The van der Waals surface area contributed by atoms with Crippen LogP contribution in [-0.2, 0) is 0 Å². The lowest BCUT2D eigenvalue weighted by Gasteiger charge is -2.11. The number of benzene rings is 6. The van der Waals surface area contributed by atoms with Gasteiger partial charge in [-0.2, -0.15) is 0 Å². The predicted molar refractivity (Wildman–Crippen MR) is 157 cm³/mol. The number of thiophene rings is 1. The third-order valence-corrected chi connectivity index (χ3v) is 9.14. The van der Waals surface area contributed by atoms with Crippen LogP contribution in [0.4, 0.5) is 0 Å². The van der Waals surface area contributed by atoms with Gasteiger partial charge in [-0.1, -0.05) is 103 Å². The summed E-state index contributed by atoms with van der Waals surface area (Å²) in [4.78, 5) is 1.33. The summed E-state index contributed by atoms with van der Waals surface area (Å²) in [5, 5.41) is 12.0. The first-order valence-corrected chi connectivity index (χ1v) is 13.2. The largest absolute Gasteiger partial charge is 0.299 e. The van der Waals surface area contributed by atoms with Gasteiger partial charge in [-0.25, -0.2) is 0 Å². The minimum Gasteiger partial charge on any atom is -0.299 e. The fourth-order valence-corrected chi connectivity index (χ4v) is 7.78. The Morgan fingerprint density at radius 1 is 0.500 bits per heavy atom. The molecular formula is C34H19NS. The number of hydrogen-bond acceptors (Lipinski definition) is 1. The first-order chi connectivity index (χ1) is 17.9. The summed E-state index contributed by atoms with van der Waals surface area (Å²) in [5.41, 5.74) is 5.19. The topological polar surface area (TPSA) is 4.41 Å². The van der Waals surface area contributed by atoms with Crippen LogP contribution in [0.15, 0.2) is 115 Å². The van der Waals surface area contributed by atoms with E-state index in [9.17, 15) is 0 Å². The van der Waals surface area contributed by atoms with Crippen molar-refractivity contribution in [3.05, 3.63) is 115 Å². The molecule has 9 aromatic rings. The van der Waals surface area contributed by atoms with Gasteiger partial charge in [0.2, 0.25) is 0 Å². The number of aromatic nitrogens is 1. The molecule has 3 aromatic heterocycles. The van der Waals surface area contributed by atoms with Gasteiger partial charge in [0.15, 0.2) is 0 Å². The highest BCUT2D eigenvalue weighted by molar-refractivity contribution is 7.26. The van der Waals surface area contributed by atoms with E-state index in [1.807, 2.05) is 11.3 Å². The van der Waals surface area contributed by atoms with Gasteiger partial charge in [-0.15, -0.1) is 11.3 Å². The molecule has 6 aromatic carbocycles. The number of hydrogen-bond donors (Lipinski definition) is 0. The zero-order chi connectivity index (χ0) is 23.4. The summed E-state index contributed by atoms with van der Waals surface area (Å²) in [6.45, 7) is 0. The zero-order valence-corrected chi connectivity index (χ0v) is 20.1. The molecule has 36 heavy (non-hydrogen) atoms. The third-order valence-electron chi connectivity index (χ3n) is 7.91. The first-order valence-electron chi connectivity index (χ1n) is 12.4. The summed E-state index contributed by atoms with van der Waals surface area (Å²) >= 11 is 1.94. The molecule has 0 N–H and O–H groups in total. The average molecular weight is 474 g/mol. The molecular weight excluding hydrogens is 454 g/mol. The van der Waals surface area contributed by atoms with Crippen LogP contribution in [0.25, 0.3) is 80.2 Å². The molecule has 0 bridgehead atoms. The Morgan fingerprint density at radius 2 is 1.25 bits per heavy atom. The maximum absolute atomic E-state index is 2.54. The Balaban J connectivity index is 1.63.